The molecule has 0 aromatic rings. The van der Waals surface area contributed by atoms with Crippen LogP contribution in [0.1, 0.15) is 6.92 Å². The molecule has 5 heteroatoms. The highest BCUT2D eigenvalue weighted by Crippen LogP contribution is 1.99. The molecular weight excluding hydrogens is 158 g/mol. The van der Waals surface area contributed by atoms with Crippen LogP contribution in [0.4, 0.5) is 0 Å². The van der Waals surface area contributed by atoms with Crippen LogP contribution >= 0.6 is 0 Å². The predicted molar refractivity (Wildman–Crippen MR) is 32.1 cm³/mol. The van der Waals surface area contributed by atoms with Crippen LogP contribution in [0.2, 0.25) is 0 Å². The number of aliphatic hydroxyl groups is 3. The lowest BCUT2D eigenvalue weighted by molar-refractivity contribution is -0.975. The molecule has 0 spiro atoms. The first kappa shape index (κ1) is 12.8. The van der Waals surface area contributed by atoms with Crippen LogP contribution < -0.4 is 12.4 Å². The predicted octanol–water partition coefficient (Wildman–Crippen LogP) is -4.32. The molecule has 0 aromatic carbocycles. The number of halogens is 1. The van der Waals surface area contributed by atoms with E-state index in [-0.39, 0.29) is 37.1 Å². The van der Waals surface area contributed by atoms with Gasteiger partial charge in [0.25, 0.3) is 0 Å². The summed E-state index contributed by atoms with van der Waals surface area (Å²) in [6.07, 6.45) is 0. The Hall–Kier alpha value is 0.130. The maximum atomic E-state index is 8.63. The number of rotatable bonds is 4. The summed E-state index contributed by atoms with van der Waals surface area (Å²) >= 11 is 0. The average Bonchev–Trinajstić information content (AvgIpc) is 1.95. The second kappa shape index (κ2) is 5.88. The van der Waals surface area contributed by atoms with E-state index in [4.69, 9.17) is 15.3 Å². The minimum absolute atomic E-state index is 0. The lowest BCUT2D eigenvalue weighted by Crippen LogP contribution is -3.00. The van der Waals surface area contributed by atoms with Gasteiger partial charge in [-0.3, -0.25) is 4.48 Å². The summed E-state index contributed by atoms with van der Waals surface area (Å²) in [5.74, 6) is 0. The number of hydrogen-bond acceptors (Lipinski definition) is 3. The molecule has 4 nitrogen and oxygen atoms in total. The molecule has 0 radical (unpaired) electrons. The Labute approximate surface area is 66.7 Å². The van der Waals surface area contributed by atoms with Crippen molar-refractivity contribution in [3.05, 3.63) is 0 Å². The highest BCUT2D eigenvalue weighted by Gasteiger charge is 2.20. The second-order valence-electron chi connectivity index (χ2n) is 2.08. The van der Waals surface area contributed by atoms with Gasteiger partial charge in [-0.15, -0.1) is 0 Å². The molecule has 3 N–H and O–H groups in total. The number of quaternary nitrogens is 1. The van der Waals surface area contributed by atoms with Gasteiger partial charge in [-0.2, -0.15) is 0 Å². The minimum atomic E-state index is -0.219. The molecule has 0 aliphatic rings. The largest absolute Gasteiger partial charge is 1.00 e. The summed E-state index contributed by atoms with van der Waals surface area (Å²) in [7, 11) is 0. The zero-order valence-corrected chi connectivity index (χ0v) is 6.75. The van der Waals surface area contributed by atoms with Crippen LogP contribution in [0.25, 0.3) is 0 Å². The summed E-state index contributed by atoms with van der Waals surface area (Å²) in [5, 5.41) is 25.9. The maximum absolute atomic E-state index is 8.63. The number of nitrogens with zero attached hydrogens (tertiary/aromatic N) is 1. The van der Waals surface area contributed by atoms with E-state index >= 15 is 0 Å². The zero-order chi connectivity index (χ0) is 7.33. The van der Waals surface area contributed by atoms with Crippen LogP contribution in [-0.4, -0.2) is 46.5 Å². The van der Waals surface area contributed by atoms with E-state index < -0.39 is 0 Å². The first-order valence-electron chi connectivity index (χ1n) is 2.92. The van der Waals surface area contributed by atoms with Crippen molar-refractivity contribution in [2.45, 2.75) is 6.92 Å². The van der Waals surface area contributed by atoms with Gasteiger partial charge in [0.05, 0.1) is 6.54 Å². The lowest BCUT2D eigenvalue weighted by atomic mass is 10.5. The van der Waals surface area contributed by atoms with Crippen molar-refractivity contribution < 1.29 is 32.2 Å². The standard InChI is InChI=1S/C5H14NO3.ClH/c1-2-6(3-7,4-8)5-9;/h7-9H,2-5H2,1H3;1H/q+1;/p-1. The first-order chi connectivity index (χ1) is 4.24. The topological polar surface area (TPSA) is 60.7 Å². The van der Waals surface area contributed by atoms with Crippen LogP contribution in [0.5, 0.6) is 0 Å². The molecule has 0 saturated heterocycles. The first-order valence-corrected chi connectivity index (χ1v) is 2.92. The third-order valence-corrected chi connectivity index (χ3v) is 1.57. The Morgan fingerprint density at radius 3 is 1.30 bits per heavy atom. The molecule has 0 heterocycles. The molecule has 0 rings (SSSR count). The zero-order valence-electron chi connectivity index (χ0n) is 6.00. The Morgan fingerprint density at radius 2 is 1.30 bits per heavy atom. The average molecular weight is 172 g/mol. The van der Waals surface area contributed by atoms with E-state index in [2.05, 4.69) is 0 Å². The molecule has 0 bridgehead atoms. The van der Waals surface area contributed by atoms with Crippen LogP contribution in [0.15, 0.2) is 0 Å². The summed E-state index contributed by atoms with van der Waals surface area (Å²) < 4.78 is -0.0556. The summed E-state index contributed by atoms with van der Waals surface area (Å²) in [6.45, 7) is 1.67. The van der Waals surface area contributed by atoms with Gasteiger partial charge in [-0.25, -0.2) is 0 Å². The van der Waals surface area contributed by atoms with Gasteiger partial charge in [0.1, 0.15) is 0 Å². The highest BCUT2D eigenvalue weighted by molar-refractivity contribution is 4.17. The van der Waals surface area contributed by atoms with Crippen molar-refractivity contribution >= 4 is 0 Å². The van der Waals surface area contributed by atoms with Crippen molar-refractivity contribution in [1.29, 1.82) is 0 Å². The quantitative estimate of drug-likeness (QED) is 0.296. The van der Waals surface area contributed by atoms with Gasteiger partial charge in [0.15, 0.2) is 20.2 Å². The number of aliphatic hydroxyl groups excluding tert-OH is 3. The number of hydrogen-bond donors (Lipinski definition) is 3. The third kappa shape index (κ3) is 2.81. The van der Waals surface area contributed by atoms with E-state index in [0.29, 0.717) is 6.54 Å². The molecule has 0 atom stereocenters. The van der Waals surface area contributed by atoms with E-state index in [1.54, 1.807) is 6.92 Å². The van der Waals surface area contributed by atoms with Crippen molar-refractivity contribution in [1.82, 2.24) is 0 Å². The monoisotopic (exact) mass is 171 g/mol. The lowest BCUT2D eigenvalue weighted by Gasteiger charge is -2.30. The molecule has 64 valence electrons. The SMILES string of the molecule is CC[N+](CO)(CO)CO.[Cl-]. The van der Waals surface area contributed by atoms with Gasteiger partial charge in [-0.05, 0) is 6.92 Å². The van der Waals surface area contributed by atoms with Gasteiger partial charge in [0, 0.05) is 0 Å². The van der Waals surface area contributed by atoms with Crippen molar-refractivity contribution in [3.8, 4) is 0 Å². The van der Waals surface area contributed by atoms with Gasteiger partial charge >= 0.3 is 0 Å². The Balaban J connectivity index is 0. The Kier molecular flexibility index (Phi) is 7.51. The summed E-state index contributed by atoms with van der Waals surface area (Å²) in [4.78, 5) is 0. The molecule has 0 aliphatic carbocycles. The van der Waals surface area contributed by atoms with Crippen LogP contribution in [-0.2, 0) is 0 Å². The molecule has 0 aromatic heterocycles. The molecule has 0 fully saturated rings. The van der Waals surface area contributed by atoms with E-state index in [0.717, 1.165) is 0 Å². The minimum Gasteiger partial charge on any atom is -1.00 e. The second-order valence-corrected chi connectivity index (χ2v) is 2.08. The van der Waals surface area contributed by atoms with E-state index in [9.17, 15) is 0 Å². The Morgan fingerprint density at radius 1 is 1.00 bits per heavy atom. The molecule has 0 amide bonds. The normalized spacial score (nSPS) is 10.8. The summed E-state index contributed by atoms with van der Waals surface area (Å²) in [5.41, 5.74) is 0. The molecular formula is C5H14ClNO3. The molecule has 0 aliphatic heterocycles. The maximum Gasteiger partial charge on any atom is 0.183 e. The fourth-order valence-electron chi connectivity index (χ4n) is 0.434. The van der Waals surface area contributed by atoms with E-state index in [1.165, 1.54) is 0 Å². The third-order valence-electron chi connectivity index (χ3n) is 1.57. The van der Waals surface area contributed by atoms with Crippen LogP contribution in [0.3, 0.4) is 0 Å². The van der Waals surface area contributed by atoms with E-state index in [1.807, 2.05) is 0 Å². The fourth-order valence-corrected chi connectivity index (χ4v) is 0.434. The molecule has 0 saturated carbocycles. The molecule has 0 unspecified atom stereocenters. The fraction of sp³-hybridized carbons (Fsp3) is 1.00. The van der Waals surface area contributed by atoms with Crippen molar-refractivity contribution in [2.75, 3.05) is 26.7 Å². The van der Waals surface area contributed by atoms with Crippen LogP contribution in [0, 0.1) is 0 Å². The van der Waals surface area contributed by atoms with Crippen molar-refractivity contribution in [2.24, 2.45) is 0 Å². The van der Waals surface area contributed by atoms with Gasteiger partial charge in [-0.1, -0.05) is 0 Å². The molecule has 10 heavy (non-hydrogen) atoms. The highest BCUT2D eigenvalue weighted by atomic mass is 35.5. The van der Waals surface area contributed by atoms with Gasteiger partial charge in [0.2, 0.25) is 0 Å². The smallest absolute Gasteiger partial charge is 0.183 e. The Bertz CT molecular complexity index is 59.8. The summed E-state index contributed by atoms with van der Waals surface area (Å²) in [6, 6.07) is 0. The van der Waals surface area contributed by atoms with Crippen molar-refractivity contribution in [3.63, 3.8) is 0 Å². The van der Waals surface area contributed by atoms with Gasteiger partial charge < -0.3 is 27.7 Å².